The summed E-state index contributed by atoms with van der Waals surface area (Å²) in [5.41, 5.74) is 6.67. The molecule has 19 heavy (non-hydrogen) atoms. The number of esters is 1. The number of halogens is 1. The molecule has 0 saturated heterocycles. The third-order valence-corrected chi connectivity index (χ3v) is 4.34. The molecule has 104 valence electrons. The lowest BCUT2D eigenvalue weighted by atomic mass is 9.66. The van der Waals surface area contributed by atoms with Crippen LogP contribution in [-0.2, 0) is 21.4 Å². The smallest absolute Gasteiger partial charge is 0.306 e. The molecule has 2 rings (SSSR count). The van der Waals surface area contributed by atoms with Crippen molar-refractivity contribution in [2.45, 2.75) is 44.1 Å². The minimum atomic E-state index is -0.625. The van der Waals surface area contributed by atoms with E-state index in [1.54, 1.807) is 6.07 Å². The third-order valence-electron chi connectivity index (χ3n) is 4.34. The van der Waals surface area contributed by atoms with E-state index in [1.165, 1.54) is 13.2 Å². The number of methoxy groups -OCH3 is 1. The molecule has 0 saturated carbocycles. The van der Waals surface area contributed by atoms with E-state index in [0.717, 1.165) is 5.56 Å². The van der Waals surface area contributed by atoms with Gasteiger partial charge in [0.15, 0.2) is 0 Å². The zero-order valence-corrected chi connectivity index (χ0v) is 11.6. The second-order valence-corrected chi connectivity index (χ2v) is 5.82. The molecule has 1 unspecified atom stereocenters. The largest absolute Gasteiger partial charge is 0.469 e. The van der Waals surface area contributed by atoms with Gasteiger partial charge in [-0.05, 0) is 43.9 Å². The summed E-state index contributed by atoms with van der Waals surface area (Å²) in [4.78, 5) is 11.7. The molecular weight excluding hydrogens is 245 g/mol. The van der Waals surface area contributed by atoms with E-state index in [1.807, 2.05) is 19.9 Å². The molecule has 0 heterocycles. The van der Waals surface area contributed by atoms with Crippen LogP contribution < -0.4 is 5.73 Å². The van der Waals surface area contributed by atoms with Crippen molar-refractivity contribution in [2.24, 2.45) is 5.73 Å². The minimum absolute atomic E-state index is 0.184. The molecule has 1 atom stereocenters. The first-order valence-electron chi connectivity index (χ1n) is 6.45. The molecular formula is C15H20FNO2. The standard InChI is InChI=1S/C15H20FNO2/c1-14(2,17)15(9-13(18)19-3)8-7-10-11(15)5-4-6-12(10)16/h4-6H,7-9,17H2,1-3H3. The summed E-state index contributed by atoms with van der Waals surface area (Å²) < 4.78 is 18.7. The van der Waals surface area contributed by atoms with Crippen LogP contribution in [-0.4, -0.2) is 18.6 Å². The van der Waals surface area contributed by atoms with Crippen LogP contribution in [0.25, 0.3) is 0 Å². The lowest BCUT2D eigenvalue weighted by Crippen LogP contribution is -2.54. The predicted molar refractivity (Wildman–Crippen MR) is 71.3 cm³/mol. The van der Waals surface area contributed by atoms with Crippen LogP contribution >= 0.6 is 0 Å². The molecule has 0 fully saturated rings. The zero-order chi connectivity index (χ0) is 14.3. The second kappa shape index (κ2) is 4.60. The lowest BCUT2D eigenvalue weighted by Gasteiger charge is -2.42. The number of nitrogens with two attached hydrogens (primary N) is 1. The van der Waals surface area contributed by atoms with Gasteiger partial charge in [-0.1, -0.05) is 12.1 Å². The average molecular weight is 265 g/mol. The first-order valence-corrected chi connectivity index (χ1v) is 6.45. The molecule has 0 bridgehead atoms. The fraction of sp³-hybridized carbons (Fsp3) is 0.533. The van der Waals surface area contributed by atoms with Crippen molar-refractivity contribution in [3.05, 3.63) is 35.1 Å². The number of carbonyl (C=O) groups excluding carboxylic acids is 1. The highest BCUT2D eigenvalue weighted by Crippen LogP contribution is 2.48. The van der Waals surface area contributed by atoms with E-state index < -0.39 is 11.0 Å². The summed E-state index contributed by atoms with van der Waals surface area (Å²) in [5.74, 6) is -0.524. The first kappa shape index (κ1) is 14.0. The topological polar surface area (TPSA) is 52.3 Å². The highest BCUT2D eigenvalue weighted by Gasteiger charge is 2.50. The number of carbonyl (C=O) groups is 1. The van der Waals surface area contributed by atoms with E-state index in [9.17, 15) is 9.18 Å². The van der Waals surface area contributed by atoms with Gasteiger partial charge in [-0.2, -0.15) is 0 Å². The number of hydrogen-bond acceptors (Lipinski definition) is 3. The molecule has 0 aliphatic heterocycles. The molecule has 0 spiro atoms. The van der Waals surface area contributed by atoms with Gasteiger partial charge in [0, 0.05) is 11.0 Å². The van der Waals surface area contributed by atoms with Gasteiger partial charge in [-0.25, -0.2) is 4.39 Å². The molecule has 1 aliphatic carbocycles. The van der Waals surface area contributed by atoms with Crippen LogP contribution in [0.15, 0.2) is 18.2 Å². The van der Waals surface area contributed by atoms with E-state index in [2.05, 4.69) is 0 Å². The van der Waals surface area contributed by atoms with E-state index in [0.29, 0.717) is 18.4 Å². The zero-order valence-electron chi connectivity index (χ0n) is 11.6. The Bertz CT molecular complexity index is 507. The van der Waals surface area contributed by atoms with Crippen molar-refractivity contribution >= 4 is 5.97 Å². The maximum atomic E-state index is 13.9. The van der Waals surface area contributed by atoms with Crippen LogP contribution in [0.1, 0.15) is 37.8 Å². The number of rotatable bonds is 3. The maximum absolute atomic E-state index is 13.9. The molecule has 0 amide bonds. The Morgan fingerprint density at radius 3 is 2.79 bits per heavy atom. The Morgan fingerprint density at radius 2 is 2.21 bits per heavy atom. The Hall–Kier alpha value is -1.42. The summed E-state index contributed by atoms with van der Waals surface area (Å²) in [5, 5.41) is 0. The molecule has 0 aromatic heterocycles. The predicted octanol–water partition coefficient (Wildman–Crippen LogP) is 2.31. The Morgan fingerprint density at radius 1 is 1.53 bits per heavy atom. The summed E-state index contributed by atoms with van der Waals surface area (Å²) >= 11 is 0. The first-order chi connectivity index (χ1) is 8.82. The number of fused-ring (bicyclic) bond motifs is 1. The molecule has 1 aromatic carbocycles. The van der Waals surface area contributed by atoms with Crippen LogP contribution in [0.3, 0.4) is 0 Å². The van der Waals surface area contributed by atoms with Gasteiger partial charge < -0.3 is 10.5 Å². The van der Waals surface area contributed by atoms with Gasteiger partial charge in [-0.3, -0.25) is 4.79 Å². The van der Waals surface area contributed by atoms with Crippen molar-refractivity contribution in [1.29, 1.82) is 0 Å². The molecule has 1 aromatic rings. The third kappa shape index (κ3) is 2.14. The van der Waals surface area contributed by atoms with E-state index in [-0.39, 0.29) is 18.2 Å². The summed E-state index contributed by atoms with van der Waals surface area (Å²) in [6, 6.07) is 5.01. The number of benzene rings is 1. The summed E-state index contributed by atoms with van der Waals surface area (Å²) in [6.07, 6.45) is 1.46. The normalized spacial score (nSPS) is 22.2. The fourth-order valence-electron chi connectivity index (χ4n) is 3.13. The van der Waals surface area contributed by atoms with Crippen molar-refractivity contribution in [3.63, 3.8) is 0 Å². The van der Waals surface area contributed by atoms with Crippen molar-refractivity contribution in [1.82, 2.24) is 0 Å². The van der Waals surface area contributed by atoms with Crippen LogP contribution in [0.4, 0.5) is 4.39 Å². The average Bonchev–Trinajstić information content (AvgIpc) is 2.70. The minimum Gasteiger partial charge on any atom is -0.469 e. The van der Waals surface area contributed by atoms with Crippen LogP contribution in [0, 0.1) is 5.82 Å². The highest BCUT2D eigenvalue weighted by atomic mass is 19.1. The van der Waals surface area contributed by atoms with Crippen LogP contribution in [0.2, 0.25) is 0 Å². The Balaban J connectivity index is 2.55. The van der Waals surface area contributed by atoms with Crippen molar-refractivity contribution < 1.29 is 13.9 Å². The Labute approximate surface area is 112 Å². The quantitative estimate of drug-likeness (QED) is 0.853. The monoisotopic (exact) mass is 265 g/mol. The van der Waals surface area contributed by atoms with Gasteiger partial charge in [0.25, 0.3) is 0 Å². The maximum Gasteiger partial charge on any atom is 0.306 e. The fourth-order valence-corrected chi connectivity index (χ4v) is 3.13. The second-order valence-electron chi connectivity index (χ2n) is 5.82. The molecule has 4 heteroatoms. The summed E-state index contributed by atoms with van der Waals surface area (Å²) in [7, 11) is 1.36. The van der Waals surface area contributed by atoms with Gasteiger partial charge in [-0.15, -0.1) is 0 Å². The highest BCUT2D eigenvalue weighted by molar-refractivity contribution is 5.72. The SMILES string of the molecule is COC(=O)CC1(C(C)(C)N)CCc2c(F)cccc21. The van der Waals surface area contributed by atoms with E-state index in [4.69, 9.17) is 10.5 Å². The van der Waals surface area contributed by atoms with Crippen LogP contribution in [0.5, 0.6) is 0 Å². The van der Waals surface area contributed by atoms with E-state index >= 15 is 0 Å². The van der Waals surface area contributed by atoms with Crippen molar-refractivity contribution in [3.8, 4) is 0 Å². The number of ether oxygens (including phenoxy) is 1. The molecule has 1 aliphatic rings. The Kier molecular flexibility index (Phi) is 3.39. The lowest BCUT2D eigenvalue weighted by molar-refractivity contribution is -0.142. The molecule has 2 N–H and O–H groups in total. The summed E-state index contributed by atoms with van der Waals surface area (Å²) in [6.45, 7) is 3.77. The van der Waals surface area contributed by atoms with Gasteiger partial charge >= 0.3 is 5.97 Å². The number of hydrogen-bond donors (Lipinski definition) is 1. The van der Waals surface area contributed by atoms with Gasteiger partial charge in [0.2, 0.25) is 0 Å². The molecule has 3 nitrogen and oxygen atoms in total. The van der Waals surface area contributed by atoms with Gasteiger partial charge in [0.1, 0.15) is 5.82 Å². The molecule has 0 radical (unpaired) electrons. The van der Waals surface area contributed by atoms with Gasteiger partial charge in [0.05, 0.1) is 13.5 Å². The van der Waals surface area contributed by atoms with Crippen molar-refractivity contribution in [2.75, 3.05) is 7.11 Å².